The SMILES string of the molecule is COCCCN1C(=O)c2ccc(NC(=O)Nc3ccc(Br)cc3)cc2C1=O. The number of amides is 4. The van der Waals surface area contributed by atoms with Gasteiger partial charge < -0.3 is 15.4 Å². The fraction of sp³-hybridized carbons (Fsp3) is 0.211. The Hall–Kier alpha value is -2.71. The lowest BCUT2D eigenvalue weighted by molar-refractivity contribution is 0.0638. The quantitative estimate of drug-likeness (QED) is 0.538. The van der Waals surface area contributed by atoms with Gasteiger partial charge in [-0.2, -0.15) is 0 Å². The zero-order valence-corrected chi connectivity index (χ0v) is 16.2. The van der Waals surface area contributed by atoms with Crippen molar-refractivity contribution in [3.05, 3.63) is 58.1 Å². The third-order valence-corrected chi connectivity index (χ3v) is 4.59. The number of carbonyl (C=O) groups excluding carboxylic acids is 3. The highest BCUT2D eigenvalue weighted by atomic mass is 79.9. The van der Waals surface area contributed by atoms with E-state index in [1.807, 2.05) is 12.1 Å². The first-order valence-corrected chi connectivity index (χ1v) is 9.11. The van der Waals surface area contributed by atoms with Gasteiger partial charge in [0.15, 0.2) is 0 Å². The highest BCUT2D eigenvalue weighted by Gasteiger charge is 2.35. The zero-order chi connectivity index (χ0) is 19.4. The van der Waals surface area contributed by atoms with Crippen molar-refractivity contribution in [3.63, 3.8) is 0 Å². The van der Waals surface area contributed by atoms with Crippen LogP contribution in [0.5, 0.6) is 0 Å². The van der Waals surface area contributed by atoms with E-state index in [0.29, 0.717) is 42.1 Å². The summed E-state index contributed by atoms with van der Waals surface area (Å²) in [7, 11) is 1.57. The molecule has 0 radical (unpaired) electrons. The minimum absolute atomic E-state index is 0.291. The number of urea groups is 1. The number of benzene rings is 2. The van der Waals surface area contributed by atoms with Crippen LogP contribution in [-0.2, 0) is 4.74 Å². The first-order valence-electron chi connectivity index (χ1n) is 8.32. The van der Waals surface area contributed by atoms with E-state index in [0.717, 1.165) is 4.47 Å². The van der Waals surface area contributed by atoms with E-state index < -0.39 is 6.03 Å². The Bertz CT molecular complexity index is 883. The standard InChI is InChI=1S/C19H18BrN3O4/c1-27-10-2-9-23-17(24)15-8-7-14(11-16(15)18(23)25)22-19(26)21-13-5-3-12(20)4-6-13/h3-8,11H,2,9-10H2,1H3,(H2,21,22,26). The van der Waals surface area contributed by atoms with Crippen LogP contribution in [0, 0.1) is 0 Å². The summed E-state index contributed by atoms with van der Waals surface area (Å²) >= 11 is 3.33. The van der Waals surface area contributed by atoms with E-state index in [-0.39, 0.29) is 11.8 Å². The van der Waals surface area contributed by atoms with Gasteiger partial charge >= 0.3 is 6.03 Å². The number of anilines is 2. The Kier molecular flexibility index (Phi) is 5.88. The topological polar surface area (TPSA) is 87.7 Å². The van der Waals surface area contributed by atoms with E-state index >= 15 is 0 Å². The molecule has 0 unspecified atom stereocenters. The second-order valence-corrected chi connectivity index (χ2v) is 6.87. The third kappa shape index (κ3) is 4.35. The molecule has 8 heteroatoms. The average Bonchev–Trinajstić information content (AvgIpc) is 2.88. The number of imide groups is 1. The van der Waals surface area contributed by atoms with Crippen LogP contribution in [0.15, 0.2) is 46.9 Å². The van der Waals surface area contributed by atoms with Gasteiger partial charge in [-0.15, -0.1) is 0 Å². The maximum atomic E-state index is 12.5. The Labute approximate surface area is 164 Å². The molecule has 2 N–H and O–H groups in total. The molecule has 0 saturated carbocycles. The lowest BCUT2D eigenvalue weighted by atomic mass is 10.1. The number of methoxy groups -OCH3 is 1. The number of halogens is 1. The summed E-state index contributed by atoms with van der Waals surface area (Å²) in [5, 5.41) is 5.37. The van der Waals surface area contributed by atoms with Gasteiger partial charge in [-0.3, -0.25) is 14.5 Å². The van der Waals surface area contributed by atoms with Crippen molar-refractivity contribution < 1.29 is 19.1 Å². The molecule has 27 heavy (non-hydrogen) atoms. The minimum atomic E-state index is -0.439. The van der Waals surface area contributed by atoms with Gasteiger partial charge in [-0.25, -0.2) is 4.79 Å². The molecule has 0 aliphatic carbocycles. The summed E-state index contributed by atoms with van der Waals surface area (Å²) in [5.41, 5.74) is 1.70. The number of fused-ring (bicyclic) bond motifs is 1. The molecule has 0 aromatic heterocycles. The van der Waals surface area contributed by atoms with E-state index in [1.165, 1.54) is 11.0 Å². The largest absolute Gasteiger partial charge is 0.385 e. The Balaban J connectivity index is 1.68. The van der Waals surface area contributed by atoms with E-state index in [2.05, 4.69) is 26.6 Å². The van der Waals surface area contributed by atoms with Gasteiger partial charge in [0.25, 0.3) is 11.8 Å². The zero-order valence-electron chi connectivity index (χ0n) is 14.6. The second kappa shape index (κ2) is 8.32. The van der Waals surface area contributed by atoms with E-state index in [4.69, 9.17) is 4.74 Å². The normalized spacial score (nSPS) is 12.9. The molecule has 0 bridgehead atoms. The van der Waals surface area contributed by atoms with Crippen LogP contribution < -0.4 is 10.6 Å². The first-order chi connectivity index (χ1) is 13.0. The molecule has 1 heterocycles. The molecule has 0 spiro atoms. The van der Waals surface area contributed by atoms with Gasteiger partial charge in [-0.1, -0.05) is 15.9 Å². The van der Waals surface area contributed by atoms with Crippen molar-refractivity contribution in [2.75, 3.05) is 30.9 Å². The highest BCUT2D eigenvalue weighted by molar-refractivity contribution is 9.10. The molecule has 0 fully saturated rings. The molecule has 7 nitrogen and oxygen atoms in total. The fourth-order valence-corrected chi connectivity index (χ4v) is 3.03. The monoisotopic (exact) mass is 431 g/mol. The van der Waals surface area contributed by atoms with Crippen LogP contribution in [0.25, 0.3) is 0 Å². The van der Waals surface area contributed by atoms with E-state index in [9.17, 15) is 14.4 Å². The maximum Gasteiger partial charge on any atom is 0.323 e. The molecule has 1 aliphatic rings. The fourth-order valence-electron chi connectivity index (χ4n) is 2.77. The predicted octanol–water partition coefficient (Wildman–Crippen LogP) is 3.73. The van der Waals surface area contributed by atoms with Crippen LogP contribution in [0.4, 0.5) is 16.2 Å². The van der Waals surface area contributed by atoms with Crippen LogP contribution in [0.1, 0.15) is 27.1 Å². The predicted molar refractivity (Wildman–Crippen MR) is 105 cm³/mol. The molecule has 0 saturated heterocycles. The average molecular weight is 432 g/mol. The van der Waals surface area contributed by atoms with Crippen molar-refractivity contribution in [1.82, 2.24) is 4.90 Å². The van der Waals surface area contributed by atoms with Gasteiger partial charge in [0.1, 0.15) is 0 Å². The molecular formula is C19H18BrN3O4. The van der Waals surface area contributed by atoms with Gasteiger partial charge in [0, 0.05) is 36.1 Å². The lowest BCUT2D eigenvalue weighted by Crippen LogP contribution is -2.31. The molecular weight excluding hydrogens is 414 g/mol. The van der Waals surface area contributed by atoms with Gasteiger partial charge in [0.2, 0.25) is 0 Å². The smallest absolute Gasteiger partial charge is 0.323 e. The van der Waals surface area contributed by atoms with Crippen LogP contribution in [-0.4, -0.2) is 43.0 Å². The molecule has 4 amide bonds. The molecule has 1 aliphatic heterocycles. The summed E-state index contributed by atoms with van der Waals surface area (Å²) < 4.78 is 5.87. The first kappa shape index (κ1) is 19.1. The number of hydrogen-bond donors (Lipinski definition) is 2. The summed E-state index contributed by atoms with van der Waals surface area (Å²) in [5.74, 6) is -0.681. The number of nitrogens with one attached hydrogen (secondary N) is 2. The van der Waals surface area contributed by atoms with Crippen molar-refractivity contribution in [2.45, 2.75) is 6.42 Å². The van der Waals surface area contributed by atoms with Crippen LogP contribution in [0.2, 0.25) is 0 Å². The maximum absolute atomic E-state index is 12.5. The number of carbonyl (C=O) groups is 3. The second-order valence-electron chi connectivity index (χ2n) is 5.95. The molecule has 2 aromatic rings. The molecule has 140 valence electrons. The third-order valence-electron chi connectivity index (χ3n) is 4.06. The number of hydrogen-bond acceptors (Lipinski definition) is 4. The summed E-state index contributed by atoms with van der Waals surface area (Å²) in [6.07, 6.45) is 0.572. The van der Waals surface area contributed by atoms with Crippen molar-refractivity contribution in [1.29, 1.82) is 0 Å². The van der Waals surface area contributed by atoms with Gasteiger partial charge in [0.05, 0.1) is 11.1 Å². The van der Waals surface area contributed by atoms with Crippen molar-refractivity contribution in [3.8, 4) is 0 Å². The van der Waals surface area contributed by atoms with Crippen molar-refractivity contribution in [2.24, 2.45) is 0 Å². The number of rotatable bonds is 6. The molecule has 0 atom stereocenters. The van der Waals surface area contributed by atoms with Crippen LogP contribution >= 0.6 is 15.9 Å². The molecule has 3 rings (SSSR count). The minimum Gasteiger partial charge on any atom is -0.385 e. The van der Waals surface area contributed by atoms with Gasteiger partial charge in [-0.05, 0) is 48.9 Å². The van der Waals surface area contributed by atoms with Crippen LogP contribution in [0.3, 0.4) is 0 Å². The highest BCUT2D eigenvalue weighted by Crippen LogP contribution is 2.26. The Morgan fingerprint density at radius 3 is 2.33 bits per heavy atom. The summed E-state index contributed by atoms with van der Waals surface area (Å²) in [4.78, 5) is 38.2. The Morgan fingerprint density at radius 2 is 1.63 bits per heavy atom. The number of ether oxygens (including phenoxy) is 1. The number of nitrogens with zero attached hydrogens (tertiary/aromatic N) is 1. The Morgan fingerprint density at radius 1 is 1.00 bits per heavy atom. The molecule has 2 aromatic carbocycles. The van der Waals surface area contributed by atoms with Crippen molar-refractivity contribution >= 4 is 45.2 Å². The van der Waals surface area contributed by atoms with E-state index in [1.54, 1.807) is 31.4 Å². The lowest BCUT2D eigenvalue weighted by Gasteiger charge is -2.12. The summed E-state index contributed by atoms with van der Waals surface area (Å²) in [6, 6.07) is 11.4. The summed E-state index contributed by atoms with van der Waals surface area (Å²) in [6.45, 7) is 0.767.